The Balaban J connectivity index is 1.82. The van der Waals surface area contributed by atoms with Gasteiger partial charge in [0.15, 0.2) is 0 Å². The second-order valence-electron chi connectivity index (χ2n) is 6.27. The molecule has 20 heavy (non-hydrogen) atoms. The van der Waals surface area contributed by atoms with Gasteiger partial charge in [-0.05, 0) is 49.9 Å². The zero-order valence-corrected chi connectivity index (χ0v) is 12.6. The fourth-order valence-electron chi connectivity index (χ4n) is 3.19. The molecular weight excluding hydrogens is 253 g/mol. The maximum Gasteiger partial charge on any atom is 0.123 e. The molecule has 1 saturated carbocycles. The summed E-state index contributed by atoms with van der Waals surface area (Å²) in [5.74, 6) is 0.528. The number of halogens is 1. The highest BCUT2D eigenvalue weighted by Gasteiger charge is 2.22. The Morgan fingerprint density at radius 3 is 2.90 bits per heavy atom. The van der Waals surface area contributed by atoms with E-state index in [1.54, 1.807) is 12.1 Å². The van der Waals surface area contributed by atoms with Crippen molar-refractivity contribution in [3.05, 3.63) is 35.6 Å². The number of nitrogens with zero attached hydrogens (tertiary/aromatic N) is 1. The number of benzene rings is 1. The minimum Gasteiger partial charge on any atom is -0.388 e. The Morgan fingerprint density at radius 2 is 2.20 bits per heavy atom. The van der Waals surface area contributed by atoms with E-state index in [-0.39, 0.29) is 5.82 Å². The first-order valence-corrected chi connectivity index (χ1v) is 7.70. The summed E-state index contributed by atoms with van der Waals surface area (Å²) in [6.45, 7) is 3.18. The van der Waals surface area contributed by atoms with E-state index in [0.29, 0.717) is 18.0 Å². The molecule has 1 aromatic rings. The van der Waals surface area contributed by atoms with Gasteiger partial charge in [-0.15, -0.1) is 0 Å². The van der Waals surface area contributed by atoms with Gasteiger partial charge in [-0.25, -0.2) is 4.39 Å². The third kappa shape index (κ3) is 4.29. The van der Waals surface area contributed by atoms with Crippen LogP contribution in [0.4, 0.5) is 4.39 Å². The predicted octanol–water partition coefficient (Wildman–Crippen LogP) is 3.76. The number of hydrogen-bond donors (Lipinski definition) is 1. The standard InChI is InChI=1S/C17H26FNO/c1-13-5-3-8-16(11-13)19(2)10-9-17(20)14-6-4-7-15(18)12-14/h4,6-7,12-13,16-17,20H,3,5,8-11H2,1-2H3. The Morgan fingerprint density at radius 1 is 1.40 bits per heavy atom. The van der Waals surface area contributed by atoms with Crippen molar-refractivity contribution in [2.24, 2.45) is 5.92 Å². The maximum atomic E-state index is 13.1. The molecule has 3 heteroatoms. The molecule has 112 valence electrons. The van der Waals surface area contributed by atoms with Crippen molar-refractivity contribution >= 4 is 0 Å². The fourth-order valence-corrected chi connectivity index (χ4v) is 3.19. The van der Waals surface area contributed by atoms with Crippen LogP contribution in [0.25, 0.3) is 0 Å². The first kappa shape index (κ1) is 15.5. The van der Waals surface area contributed by atoms with Gasteiger partial charge in [0.2, 0.25) is 0 Å². The van der Waals surface area contributed by atoms with Gasteiger partial charge in [-0.3, -0.25) is 0 Å². The Kier molecular flexibility index (Phi) is 5.55. The van der Waals surface area contributed by atoms with Gasteiger partial charge in [0, 0.05) is 12.6 Å². The Bertz CT molecular complexity index is 423. The van der Waals surface area contributed by atoms with Crippen LogP contribution in [0.15, 0.2) is 24.3 Å². The molecule has 0 aromatic heterocycles. The number of aliphatic hydroxyl groups is 1. The normalized spacial score (nSPS) is 24.9. The molecule has 1 aliphatic carbocycles. The molecule has 0 saturated heterocycles. The van der Waals surface area contributed by atoms with E-state index in [9.17, 15) is 9.50 Å². The average Bonchev–Trinajstić information content (AvgIpc) is 2.44. The highest BCUT2D eigenvalue weighted by molar-refractivity contribution is 5.18. The molecule has 0 amide bonds. The van der Waals surface area contributed by atoms with Crippen molar-refractivity contribution in [1.82, 2.24) is 4.90 Å². The van der Waals surface area contributed by atoms with Crippen molar-refractivity contribution in [2.75, 3.05) is 13.6 Å². The molecule has 3 atom stereocenters. The summed E-state index contributed by atoms with van der Waals surface area (Å²) in [6, 6.07) is 6.91. The molecule has 1 fully saturated rings. The molecule has 2 nitrogen and oxygen atoms in total. The summed E-state index contributed by atoms with van der Waals surface area (Å²) in [5, 5.41) is 10.2. The molecule has 0 aliphatic heterocycles. The molecule has 0 spiro atoms. The van der Waals surface area contributed by atoms with Crippen molar-refractivity contribution in [2.45, 2.75) is 51.2 Å². The third-order valence-electron chi connectivity index (χ3n) is 4.52. The van der Waals surface area contributed by atoms with Crippen molar-refractivity contribution in [1.29, 1.82) is 0 Å². The lowest BCUT2D eigenvalue weighted by atomic mass is 9.86. The van der Waals surface area contributed by atoms with Crippen molar-refractivity contribution < 1.29 is 9.50 Å². The summed E-state index contributed by atoms with van der Waals surface area (Å²) in [4.78, 5) is 2.36. The third-order valence-corrected chi connectivity index (χ3v) is 4.52. The van der Waals surface area contributed by atoms with E-state index < -0.39 is 6.10 Å². The van der Waals surface area contributed by atoms with Crippen LogP contribution < -0.4 is 0 Å². The van der Waals surface area contributed by atoms with Gasteiger partial charge >= 0.3 is 0 Å². The van der Waals surface area contributed by atoms with Crippen LogP contribution in [-0.4, -0.2) is 29.6 Å². The van der Waals surface area contributed by atoms with E-state index in [1.165, 1.54) is 37.8 Å². The van der Waals surface area contributed by atoms with Gasteiger partial charge in [0.05, 0.1) is 6.10 Å². The lowest BCUT2D eigenvalue weighted by Gasteiger charge is -2.34. The maximum absolute atomic E-state index is 13.1. The summed E-state index contributed by atoms with van der Waals surface area (Å²) in [5.41, 5.74) is 0.676. The summed E-state index contributed by atoms with van der Waals surface area (Å²) in [7, 11) is 2.14. The van der Waals surface area contributed by atoms with Gasteiger partial charge in [-0.2, -0.15) is 0 Å². The average molecular weight is 279 g/mol. The summed E-state index contributed by atoms with van der Waals surface area (Å²) < 4.78 is 13.1. The van der Waals surface area contributed by atoms with Crippen LogP contribution in [-0.2, 0) is 0 Å². The Hall–Kier alpha value is -0.930. The first-order valence-electron chi connectivity index (χ1n) is 7.70. The van der Waals surface area contributed by atoms with Gasteiger partial charge in [0.25, 0.3) is 0 Å². The SMILES string of the molecule is CC1CCCC(N(C)CCC(O)c2cccc(F)c2)C1. The van der Waals surface area contributed by atoms with E-state index in [2.05, 4.69) is 18.9 Å². The summed E-state index contributed by atoms with van der Waals surface area (Å²) in [6.07, 6.45) is 5.25. The van der Waals surface area contributed by atoms with Crippen LogP contribution in [0.5, 0.6) is 0 Å². The van der Waals surface area contributed by atoms with Crippen LogP contribution in [0.3, 0.4) is 0 Å². The molecule has 0 radical (unpaired) electrons. The van der Waals surface area contributed by atoms with Crippen molar-refractivity contribution in [3.63, 3.8) is 0 Å². The number of rotatable bonds is 5. The largest absolute Gasteiger partial charge is 0.388 e. The zero-order valence-electron chi connectivity index (χ0n) is 12.6. The molecule has 2 rings (SSSR count). The van der Waals surface area contributed by atoms with E-state index in [0.717, 1.165) is 12.5 Å². The van der Waals surface area contributed by atoms with Crippen LogP contribution in [0, 0.1) is 11.7 Å². The van der Waals surface area contributed by atoms with Gasteiger partial charge in [-0.1, -0.05) is 31.9 Å². The quantitative estimate of drug-likeness (QED) is 0.887. The first-order chi connectivity index (χ1) is 9.56. The van der Waals surface area contributed by atoms with Crippen LogP contribution in [0.1, 0.15) is 50.7 Å². The highest BCUT2D eigenvalue weighted by Crippen LogP contribution is 2.27. The smallest absolute Gasteiger partial charge is 0.123 e. The molecule has 3 unspecified atom stereocenters. The van der Waals surface area contributed by atoms with Crippen LogP contribution in [0.2, 0.25) is 0 Å². The topological polar surface area (TPSA) is 23.5 Å². The molecule has 0 heterocycles. The van der Waals surface area contributed by atoms with Gasteiger partial charge in [0.1, 0.15) is 5.82 Å². The second-order valence-corrected chi connectivity index (χ2v) is 6.27. The number of aliphatic hydroxyl groups excluding tert-OH is 1. The molecule has 1 N–H and O–H groups in total. The lowest BCUT2D eigenvalue weighted by molar-refractivity contribution is 0.116. The zero-order chi connectivity index (χ0) is 14.5. The molecular formula is C17H26FNO. The lowest BCUT2D eigenvalue weighted by Crippen LogP contribution is -2.36. The minimum absolute atomic E-state index is 0.281. The minimum atomic E-state index is -0.575. The molecule has 1 aliphatic rings. The summed E-state index contributed by atoms with van der Waals surface area (Å²) >= 11 is 0. The predicted molar refractivity (Wildman–Crippen MR) is 80.0 cm³/mol. The van der Waals surface area contributed by atoms with E-state index in [4.69, 9.17) is 0 Å². The second kappa shape index (κ2) is 7.19. The monoisotopic (exact) mass is 279 g/mol. The van der Waals surface area contributed by atoms with Crippen molar-refractivity contribution in [3.8, 4) is 0 Å². The Labute approximate surface area is 121 Å². The number of hydrogen-bond acceptors (Lipinski definition) is 2. The highest BCUT2D eigenvalue weighted by atomic mass is 19.1. The van der Waals surface area contributed by atoms with Gasteiger partial charge < -0.3 is 10.0 Å². The van der Waals surface area contributed by atoms with E-state index >= 15 is 0 Å². The van der Waals surface area contributed by atoms with Crippen LogP contribution >= 0.6 is 0 Å². The molecule has 1 aromatic carbocycles. The molecule has 0 bridgehead atoms. The van der Waals surface area contributed by atoms with E-state index in [1.807, 2.05) is 0 Å². The fraction of sp³-hybridized carbons (Fsp3) is 0.647.